The van der Waals surface area contributed by atoms with E-state index in [9.17, 15) is 4.79 Å². The molecule has 0 saturated carbocycles. The summed E-state index contributed by atoms with van der Waals surface area (Å²) in [7, 11) is 1.78. The van der Waals surface area contributed by atoms with E-state index in [1.807, 2.05) is 48.5 Å². The molecule has 2 nitrogen and oxygen atoms in total. The fraction of sp³-hybridized carbons (Fsp3) is 0.133. The Balaban J connectivity index is 2.09. The molecule has 1 amide bonds. The number of hydrogen-bond acceptors (Lipinski definition) is 1. The van der Waals surface area contributed by atoms with Crippen LogP contribution in [0.1, 0.15) is 5.56 Å². The van der Waals surface area contributed by atoms with Crippen LogP contribution in [0, 0.1) is 0 Å². The molecule has 0 aliphatic carbocycles. The van der Waals surface area contributed by atoms with Crippen molar-refractivity contribution in [1.82, 2.24) is 0 Å². The number of benzene rings is 2. The van der Waals surface area contributed by atoms with Gasteiger partial charge in [-0.05, 0) is 29.8 Å². The first kappa shape index (κ1) is 12.7. The van der Waals surface area contributed by atoms with Gasteiger partial charge in [-0.15, -0.1) is 0 Å². The van der Waals surface area contributed by atoms with Crippen molar-refractivity contribution in [1.29, 1.82) is 0 Å². The molecule has 0 aliphatic rings. The van der Waals surface area contributed by atoms with E-state index >= 15 is 0 Å². The van der Waals surface area contributed by atoms with Gasteiger partial charge in [0.05, 0.1) is 6.42 Å². The predicted molar refractivity (Wildman–Crippen MR) is 75.0 cm³/mol. The molecule has 0 atom stereocenters. The van der Waals surface area contributed by atoms with Crippen LogP contribution in [0.25, 0.3) is 0 Å². The first-order valence-corrected chi connectivity index (χ1v) is 6.10. The number of para-hydroxylation sites is 1. The molecule has 0 bridgehead atoms. The molecular formula is C15H14ClNO. The molecule has 92 valence electrons. The molecule has 0 N–H and O–H groups in total. The maximum Gasteiger partial charge on any atom is 0.231 e. The fourth-order valence-electron chi connectivity index (χ4n) is 1.74. The Hall–Kier alpha value is -1.80. The quantitative estimate of drug-likeness (QED) is 0.826. The van der Waals surface area contributed by atoms with E-state index in [0.717, 1.165) is 11.3 Å². The number of nitrogens with zero attached hydrogens (tertiary/aromatic N) is 1. The van der Waals surface area contributed by atoms with Crippen LogP contribution in [-0.2, 0) is 11.2 Å². The molecule has 0 fully saturated rings. The second-order valence-corrected chi connectivity index (χ2v) is 4.53. The highest BCUT2D eigenvalue weighted by molar-refractivity contribution is 6.30. The van der Waals surface area contributed by atoms with Crippen molar-refractivity contribution in [3.63, 3.8) is 0 Å². The number of rotatable bonds is 3. The van der Waals surface area contributed by atoms with Crippen molar-refractivity contribution in [2.45, 2.75) is 6.42 Å². The summed E-state index contributed by atoms with van der Waals surface area (Å²) in [6.07, 6.45) is 0.353. The van der Waals surface area contributed by atoms with Crippen LogP contribution in [0.5, 0.6) is 0 Å². The van der Waals surface area contributed by atoms with Gasteiger partial charge in [-0.3, -0.25) is 4.79 Å². The van der Waals surface area contributed by atoms with E-state index in [1.54, 1.807) is 18.0 Å². The summed E-state index contributed by atoms with van der Waals surface area (Å²) in [6.45, 7) is 0. The standard InChI is InChI=1S/C15H14ClNO/c1-17(14-8-3-2-4-9-14)15(18)11-12-6-5-7-13(16)10-12/h2-10H,11H2,1H3. The Labute approximate surface area is 112 Å². The van der Waals surface area contributed by atoms with Crippen molar-refractivity contribution in [3.05, 3.63) is 65.2 Å². The Kier molecular flexibility index (Phi) is 4.00. The Morgan fingerprint density at radius 3 is 2.50 bits per heavy atom. The summed E-state index contributed by atoms with van der Waals surface area (Å²) < 4.78 is 0. The molecule has 3 heteroatoms. The molecular weight excluding hydrogens is 246 g/mol. The average molecular weight is 260 g/mol. The van der Waals surface area contributed by atoms with Crippen molar-refractivity contribution in [3.8, 4) is 0 Å². The van der Waals surface area contributed by atoms with E-state index in [0.29, 0.717) is 11.4 Å². The third-order valence-corrected chi connectivity index (χ3v) is 3.00. The van der Waals surface area contributed by atoms with Crippen LogP contribution in [0.2, 0.25) is 5.02 Å². The van der Waals surface area contributed by atoms with Gasteiger partial charge in [-0.25, -0.2) is 0 Å². The Morgan fingerprint density at radius 2 is 1.83 bits per heavy atom. The molecule has 0 heterocycles. The first-order valence-electron chi connectivity index (χ1n) is 5.73. The number of amides is 1. The smallest absolute Gasteiger partial charge is 0.231 e. The van der Waals surface area contributed by atoms with Gasteiger partial charge >= 0.3 is 0 Å². The van der Waals surface area contributed by atoms with Crippen LogP contribution < -0.4 is 4.90 Å². The van der Waals surface area contributed by atoms with Crippen molar-refractivity contribution < 1.29 is 4.79 Å². The molecule has 0 saturated heterocycles. The van der Waals surface area contributed by atoms with Gasteiger partial charge in [-0.1, -0.05) is 41.9 Å². The second kappa shape index (κ2) is 5.69. The highest BCUT2D eigenvalue weighted by Gasteiger charge is 2.11. The van der Waals surface area contributed by atoms with Crippen molar-refractivity contribution in [2.75, 3.05) is 11.9 Å². The molecule has 0 radical (unpaired) electrons. The fourth-order valence-corrected chi connectivity index (χ4v) is 1.95. The maximum absolute atomic E-state index is 12.1. The number of anilines is 1. The predicted octanol–water partition coefficient (Wildman–Crippen LogP) is 3.55. The van der Waals surface area contributed by atoms with Gasteiger partial charge in [0.15, 0.2) is 0 Å². The van der Waals surface area contributed by atoms with E-state index in [-0.39, 0.29) is 5.91 Å². The van der Waals surface area contributed by atoms with Gasteiger partial charge in [-0.2, -0.15) is 0 Å². The van der Waals surface area contributed by atoms with E-state index in [1.165, 1.54) is 0 Å². The number of hydrogen-bond donors (Lipinski definition) is 0. The zero-order valence-electron chi connectivity index (χ0n) is 10.1. The third-order valence-electron chi connectivity index (χ3n) is 2.76. The van der Waals surface area contributed by atoms with E-state index in [2.05, 4.69) is 0 Å². The lowest BCUT2D eigenvalue weighted by Crippen LogP contribution is -2.27. The first-order chi connectivity index (χ1) is 8.66. The van der Waals surface area contributed by atoms with Gasteiger partial charge in [0, 0.05) is 17.8 Å². The average Bonchev–Trinajstić information content (AvgIpc) is 2.39. The van der Waals surface area contributed by atoms with Crippen LogP contribution in [0.4, 0.5) is 5.69 Å². The van der Waals surface area contributed by atoms with Crippen LogP contribution in [0.15, 0.2) is 54.6 Å². The molecule has 0 aliphatic heterocycles. The van der Waals surface area contributed by atoms with Crippen LogP contribution in [0.3, 0.4) is 0 Å². The maximum atomic E-state index is 12.1. The Bertz CT molecular complexity index is 539. The zero-order valence-corrected chi connectivity index (χ0v) is 10.9. The largest absolute Gasteiger partial charge is 0.315 e. The van der Waals surface area contributed by atoms with Gasteiger partial charge < -0.3 is 4.90 Å². The molecule has 0 aromatic heterocycles. The SMILES string of the molecule is CN(C(=O)Cc1cccc(Cl)c1)c1ccccc1. The zero-order chi connectivity index (χ0) is 13.0. The van der Waals surface area contributed by atoms with Gasteiger partial charge in [0.25, 0.3) is 0 Å². The summed E-state index contributed by atoms with van der Waals surface area (Å²) in [4.78, 5) is 13.8. The number of carbonyl (C=O) groups excluding carboxylic acids is 1. The lowest BCUT2D eigenvalue weighted by molar-refractivity contribution is -0.117. The summed E-state index contributed by atoms with van der Waals surface area (Å²) in [6, 6.07) is 17.0. The van der Waals surface area contributed by atoms with Crippen molar-refractivity contribution >= 4 is 23.2 Å². The molecule has 18 heavy (non-hydrogen) atoms. The summed E-state index contributed by atoms with van der Waals surface area (Å²) >= 11 is 5.90. The van der Waals surface area contributed by atoms with E-state index < -0.39 is 0 Å². The molecule has 0 spiro atoms. The highest BCUT2D eigenvalue weighted by atomic mass is 35.5. The summed E-state index contributed by atoms with van der Waals surface area (Å²) in [5.41, 5.74) is 1.82. The topological polar surface area (TPSA) is 20.3 Å². The molecule has 2 rings (SSSR count). The Morgan fingerprint density at radius 1 is 1.11 bits per heavy atom. The third kappa shape index (κ3) is 3.11. The number of carbonyl (C=O) groups is 1. The number of likely N-dealkylation sites (N-methyl/N-ethyl adjacent to an activating group) is 1. The minimum atomic E-state index is 0.0449. The lowest BCUT2D eigenvalue weighted by atomic mass is 10.1. The minimum Gasteiger partial charge on any atom is -0.315 e. The van der Waals surface area contributed by atoms with Crippen LogP contribution in [-0.4, -0.2) is 13.0 Å². The molecule has 2 aromatic carbocycles. The monoisotopic (exact) mass is 259 g/mol. The highest BCUT2D eigenvalue weighted by Crippen LogP contribution is 2.15. The van der Waals surface area contributed by atoms with Gasteiger partial charge in [0.2, 0.25) is 5.91 Å². The lowest BCUT2D eigenvalue weighted by Gasteiger charge is -2.17. The normalized spacial score (nSPS) is 10.1. The number of halogens is 1. The molecule has 0 unspecified atom stereocenters. The second-order valence-electron chi connectivity index (χ2n) is 4.10. The summed E-state index contributed by atoms with van der Waals surface area (Å²) in [5.74, 6) is 0.0449. The van der Waals surface area contributed by atoms with E-state index in [4.69, 9.17) is 11.6 Å². The minimum absolute atomic E-state index is 0.0449. The molecule has 2 aromatic rings. The van der Waals surface area contributed by atoms with Crippen molar-refractivity contribution in [2.24, 2.45) is 0 Å². The van der Waals surface area contributed by atoms with Gasteiger partial charge in [0.1, 0.15) is 0 Å². The van der Waals surface area contributed by atoms with Crippen LogP contribution >= 0.6 is 11.6 Å². The summed E-state index contributed by atoms with van der Waals surface area (Å²) in [5, 5.41) is 0.655.